The fourth-order valence-corrected chi connectivity index (χ4v) is 2.88. The minimum absolute atomic E-state index is 0.133. The lowest BCUT2D eigenvalue weighted by atomic mass is 9.82. The van der Waals surface area contributed by atoms with E-state index in [1.54, 1.807) is 14.2 Å². The van der Waals surface area contributed by atoms with Gasteiger partial charge in [-0.25, -0.2) is 0 Å². The molecular formula is C16H25NO2. The van der Waals surface area contributed by atoms with Crippen LogP contribution in [0.2, 0.25) is 0 Å². The molecule has 3 nitrogen and oxygen atoms in total. The molecule has 0 bridgehead atoms. The zero-order valence-corrected chi connectivity index (χ0v) is 12.0. The highest BCUT2D eigenvalue weighted by Crippen LogP contribution is 2.32. The summed E-state index contributed by atoms with van der Waals surface area (Å²) in [5.74, 6) is 0.736. The fourth-order valence-electron chi connectivity index (χ4n) is 2.88. The molecule has 19 heavy (non-hydrogen) atoms. The molecule has 0 radical (unpaired) electrons. The summed E-state index contributed by atoms with van der Waals surface area (Å²) in [6.45, 7) is 0.771. The first-order chi connectivity index (χ1) is 9.33. The van der Waals surface area contributed by atoms with Gasteiger partial charge in [-0.2, -0.15) is 0 Å². The van der Waals surface area contributed by atoms with Crippen LogP contribution >= 0.6 is 0 Å². The third-order valence-electron chi connectivity index (χ3n) is 4.10. The van der Waals surface area contributed by atoms with Crippen molar-refractivity contribution in [3.05, 3.63) is 35.9 Å². The van der Waals surface area contributed by atoms with Gasteiger partial charge in [0.25, 0.3) is 0 Å². The van der Waals surface area contributed by atoms with Crippen molar-refractivity contribution >= 4 is 0 Å². The van der Waals surface area contributed by atoms with Crippen LogP contribution < -0.4 is 5.32 Å². The summed E-state index contributed by atoms with van der Waals surface area (Å²) in [5, 5.41) is 3.55. The number of methoxy groups -OCH3 is 2. The van der Waals surface area contributed by atoms with E-state index in [9.17, 15) is 0 Å². The Morgan fingerprint density at radius 3 is 2.26 bits per heavy atom. The maximum Gasteiger partial charge on any atom is 0.169 e. The highest BCUT2D eigenvalue weighted by atomic mass is 16.7. The summed E-state index contributed by atoms with van der Waals surface area (Å²) in [6.07, 6.45) is 4.88. The molecule has 0 unspecified atom stereocenters. The van der Waals surface area contributed by atoms with Gasteiger partial charge < -0.3 is 14.8 Å². The average Bonchev–Trinajstić information content (AvgIpc) is 2.50. The topological polar surface area (TPSA) is 30.5 Å². The third kappa shape index (κ3) is 4.30. The van der Waals surface area contributed by atoms with E-state index in [0.29, 0.717) is 6.04 Å². The van der Waals surface area contributed by atoms with Gasteiger partial charge >= 0.3 is 0 Å². The smallest absolute Gasteiger partial charge is 0.169 e. The van der Waals surface area contributed by atoms with Crippen LogP contribution in [0.5, 0.6) is 0 Å². The second-order valence-corrected chi connectivity index (χ2v) is 5.27. The van der Waals surface area contributed by atoms with Crippen LogP contribution in [0.3, 0.4) is 0 Å². The molecule has 1 saturated carbocycles. The van der Waals surface area contributed by atoms with Gasteiger partial charge in [0.2, 0.25) is 0 Å². The number of ether oxygens (including phenoxy) is 2. The van der Waals surface area contributed by atoms with Gasteiger partial charge in [0, 0.05) is 26.8 Å². The second-order valence-electron chi connectivity index (χ2n) is 5.27. The van der Waals surface area contributed by atoms with Crippen molar-refractivity contribution in [2.75, 3.05) is 20.8 Å². The summed E-state index contributed by atoms with van der Waals surface area (Å²) in [4.78, 5) is 0. The Kier molecular flexibility index (Phi) is 5.83. The molecule has 0 atom stereocenters. The Balaban J connectivity index is 1.74. The highest BCUT2D eigenvalue weighted by molar-refractivity contribution is 5.20. The molecule has 0 aromatic heterocycles. The largest absolute Gasteiger partial charge is 0.355 e. The molecule has 3 heteroatoms. The zero-order valence-electron chi connectivity index (χ0n) is 12.0. The quantitative estimate of drug-likeness (QED) is 0.801. The van der Waals surface area contributed by atoms with Crippen molar-refractivity contribution in [3.63, 3.8) is 0 Å². The second kappa shape index (κ2) is 7.63. The summed E-state index contributed by atoms with van der Waals surface area (Å²) >= 11 is 0. The summed E-state index contributed by atoms with van der Waals surface area (Å²) in [7, 11) is 3.37. The molecule has 1 aliphatic rings. The van der Waals surface area contributed by atoms with Gasteiger partial charge in [0.05, 0.1) is 0 Å². The third-order valence-corrected chi connectivity index (χ3v) is 4.10. The Hall–Kier alpha value is -0.900. The standard InChI is InChI=1S/C16H25NO2/c1-18-16(19-2)12-17-15-10-8-14(9-11-15)13-6-4-3-5-7-13/h3-7,14-17H,8-12H2,1-2H3. The first-order valence-electron chi connectivity index (χ1n) is 7.17. The van der Waals surface area contributed by atoms with Gasteiger partial charge in [-0.15, -0.1) is 0 Å². The summed E-state index contributed by atoms with van der Waals surface area (Å²) in [6, 6.07) is 11.5. The number of benzene rings is 1. The van der Waals surface area contributed by atoms with E-state index < -0.39 is 0 Å². The molecule has 0 heterocycles. The predicted octanol–water partition coefficient (Wildman–Crippen LogP) is 2.92. The molecular weight excluding hydrogens is 238 g/mol. The van der Waals surface area contributed by atoms with E-state index in [4.69, 9.17) is 9.47 Å². The molecule has 1 aromatic carbocycles. The van der Waals surface area contributed by atoms with Gasteiger partial charge in [-0.3, -0.25) is 0 Å². The predicted molar refractivity (Wildman–Crippen MR) is 77.2 cm³/mol. The van der Waals surface area contributed by atoms with E-state index in [2.05, 4.69) is 35.6 Å². The van der Waals surface area contributed by atoms with Crippen molar-refractivity contribution in [1.82, 2.24) is 5.32 Å². The number of nitrogens with one attached hydrogen (secondary N) is 1. The Labute approximate surface area is 116 Å². The van der Waals surface area contributed by atoms with E-state index in [-0.39, 0.29) is 6.29 Å². The van der Waals surface area contributed by atoms with Gasteiger partial charge in [-0.05, 0) is 37.2 Å². The zero-order chi connectivity index (χ0) is 13.5. The van der Waals surface area contributed by atoms with Crippen molar-refractivity contribution in [2.45, 2.75) is 43.9 Å². The van der Waals surface area contributed by atoms with Crippen LogP contribution in [0, 0.1) is 0 Å². The summed E-state index contributed by atoms with van der Waals surface area (Å²) in [5.41, 5.74) is 1.49. The molecule has 1 N–H and O–H groups in total. The molecule has 0 amide bonds. The normalized spacial score (nSPS) is 23.7. The number of rotatable bonds is 6. The van der Waals surface area contributed by atoms with Gasteiger partial charge in [0.15, 0.2) is 6.29 Å². The molecule has 0 saturated heterocycles. The molecule has 1 fully saturated rings. The average molecular weight is 263 g/mol. The summed E-state index contributed by atoms with van der Waals surface area (Å²) < 4.78 is 10.4. The van der Waals surface area contributed by atoms with Crippen LogP contribution in [-0.4, -0.2) is 33.1 Å². The van der Waals surface area contributed by atoms with E-state index >= 15 is 0 Å². The fraction of sp³-hybridized carbons (Fsp3) is 0.625. The van der Waals surface area contributed by atoms with Crippen molar-refractivity contribution in [2.24, 2.45) is 0 Å². The van der Waals surface area contributed by atoms with Crippen molar-refractivity contribution in [3.8, 4) is 0 Å². The Bertz CT molecular complexity index is 343. The number of hydrogen-bond donors (Lipinski definition) is 1. The van der Waals surface area contributed by atoms with Gasteiger partial charge in [-0.1, -0.05) is 30.3 Å². The highest BCUT2D eigenvalue weighted by Gasteiger charge is 2.22. The Morgan fingerprint density at radius 1 is 1.05 bits per heavy atom. The van der Waals surface area contributed by atoms with E-state index in [1.165, 1.54) is 31.2 Å². The molecule has 1 aliphatic carbocycles. The molecule has 0 spiro atoms. The van der Waals surface area contributed by atoms with Crippen LogP contribution in [0.4, 0.5) is 0 Å². The lowest BCUT2D eigenvalue weighted by molar-refractivity contribution is -0.100. The van der Waals surface area contributed by atoms with Crippen LogP contribution in [0.15, 0.2) is 30.3 Å². The van der Waals surface area contributed by atoms with Crippen LogP contribution in [-0.2, 0) is 9.47 Å². The minimum Gasteiger partial charge on any atom is -0.355 e. The van der Waals surface area contributed by atoms with Crippen molar-refractivity contribution in [1.29, 1.82) is 0 Å². The monoisotopic (exact) mass is 263 g/mol. The lowest BCUT2D eigenvalue weighted by Gasteiger charge is -2.30. The molecule has 106 valence electrons. The van der Waals surface area contributed by atoms with Crippen LogP contribution in [0.1, 0.15) is 37.2 Å². The molecule has 0 aliphatic heterocycles. The molecule has 2 rings (SSSR count). The first kappa shape index (κ1) is 14.5. The van der Waals surface area contributed by atoms with Crippen molar-refractivity contribution < 1.29 is 9.47 Å². The van der Waals surface area contributed by atoms with E-state index in [0.717, 1.165) is 12.5 Å². The Morgan fingerprint density at radius 2 is 1.68 bits per heavy atom. The van der Waals surface area contributed by atoms with E-state index in [1.807, 2.05) is 0 Å². The maximum atomic E-state index is 5.20. The van der Waals surface area contributed by atoms with Crippen LogP contribution in [0.25, 0.3) is 0 Å². The lowest BCUT2D eigenvalue weighted by Crippen LogP contribution is -2.39. The maximum absolute atomic E-state index is 5.20. The molecule has 1 aromatic rings. The van der Waals surface area contributed by atoms with Gasteiger partial charge in [0.1, 0.15) is 0 Å². The SMILES string of the molecule is COC(CNC1CCC(c2ccccc2)CC1)OC. The first-order valence-corrected chi connectivity index (χ1v) is 7.17. The minimum atomic E-state index is -0.133. The number of hydrogen-bond acceptors (Lipinski definition) is 3.